The van der Waals surface area contributed by atoms with Gasteiger partial charge in [-0.15, -0.1) is 0 Å². The molecule has 0 aromatic carbocycles. The van der Waals surface area contributed by atoms with E-state index < -0.39 is 24.8 Å². The first-order valence-electron chi connectivity index (χ1n) is 9.66. The monoisotopic (exact) mass is 380 g/mol. The summed E-state index contributed by atoms with van der Waals surface area (Å²) in [5.41, 5.74) is 1.08. The van der Waals surface area contributed by atoms with Gasteiger partial charge in [0.05, 0.1) is 6.10 Å². The first-order chi connectivity index (χ1) is 12.3. The molecule has 0 amide bonds. The molecule has 1 saturated carbocycles. The minimum atomic E-state index is -4.81. The first-order valence-corrected chi connectivity index (χ1v) is 9.66. The second-order valence-corrected chi connectivity index (χ2v) is 7.52. The maximum absolute atomic E-state index is 13.3. The smallest absolute Gasteiger partial charge is 0.308 e. The predicted molar refractivity (Wildman–Crippen MR) is 92.2 cm³/mol. The van der Waals surface area contributed by atoms with Crippen molar-refractivity contribution in [1.29, 1.82) is 0 Å². The summed E-state index contributed by atoms with van der Waals surface area (Å²) in [6.45, 7) is -0.247. The van der Waals surface area contributed by atoms with Crippen molar-refractivity contribution in [2.24, 2.45) is 11.8 Å². The minimum absolute atomic E-state index is 0.111. The topological polar surface area (TPSA) is 9.23 Å². The second kappa shape index (κ2) is 9.34. The van der Waals surface area contributed by atoms with Crippen molar-refractivity contribution in [2.75, 3.05) is 6.67 Å². The van der Waals surface area contributed by atoms with E-state index in [0.29, 0.717) is 5.92 Å². The molecule has 150 valence electrons. The van der Waals surface area contributed by atoms with Crippen molar-refractivity contribution in [1.82, 2.24) is 0 Å². The fourth-order valence-corrected chi connectivity index (χ4v) is 3.83. The number of alkyl halides is 5. The van der Waals surface area contributed by atoms with Crippen molar-refractivity contribution < 1.29 is 26.7 Å². The number of ether oxygens (including phenoxy) is 1. The van der Waals surface area contributed by atoms with Crippen LogP contribution in [-0.4, -0.2) is 24.8 Å². The van der Waals surface area contributed by atoms with E-state index in [2.05, 4.69) is 11.7 Å². The molecule has 6 heteroatoms. The zero-order valence-electron chi connectivity index (χ0n) is 15.3. The van der Waals surface area contributed by atoms with Gasteiger partial charge in [-0.2, -0.15) is 17.6 Å². The summed E-state index contributed by atoms with van der Waals surface area (Å²) in [5.74, 6) is -3.62. The van der Waals surface area contributed by atoms with Gasteiger partial charge in [0.1, 0.15) is 0 Å². The Morgan fingerprint density at radius 3 is 2.31 bits per heavy atom. The molecule has 2 aliphatic carbocycles. The van der Waals surface area contributed by atoms with E-state index in [-0.39, 0.29) is 6.42 Å². The minimum Gasteiger partial charge on any atom is -0.308 e. The van der Waals surface area contributed by atoms with E-state index in [9.17, 15) is 22.0 Å². The molecule has 2 aliphatic rings. The molecule has 1 atom stereocenters. The molecule has 0 bridgehead atoms. The molecular formula is C20H29F5O. The lowest BCUT2D eigenvalue weighted by Crippen LogP contribution is -2.46. The molecule has 26 heavy (non-hydrogen) atoms. The third kappa shape index (κ3) is 5.54. The Morgan fingerprint density at radius 1 is 1.08 bits per heavy atom. The van der Waals surface area contributed by atoms with E-state index in [1.807, 2.05) is 0 Å². The van der Waals surface area contributed by atoms with E-state index in [1.54, 1.807) is 12.2 Å². The molecule has 0 aliphatic heterocycles. The normalized spacial score (nSPS) is 27.5. The van der Waals surface area contributed by atoms with Crippen LogP contribution in [-0.2, 0) is 4.74 Å². The van der Waals surface area contributed by atoms with Gasteiger partial charge in [-0.25, -0.2) is 4.39 Å². The van der Waals surface area contributed by atoms with Crippen molar-refractivity contribution >= 4 is 0 Å². The summed E-state index contributed by atoms with van der Waals surface area (Å²) in [7, 11) is 0. The van der Waals surface area contributed by atoms with Crippen molar-refractivity contribution in [2.45, 2.75) is 82.8 Å². The van der Waals surface area contributed by atoms with Gasteiger partial charge in [0, 0.05) is 0 Å². The molecule has 1 fully saturated rings. The highest BCUT2D eigenvalue weighted by molar-refractivity contribution is 5.27. The number of hydrogen-bond acceptors (Lipinski definition) is 1. The SMILES string of the molecule is CCCCC[C@H]1CC[C@H](C2=CCC(OC(F)(F)C(F)(F)CF)C=C2)CC1. The summed E-state index contributed by atoms with van der Waals surface area (Å²) in [6, 6.07) is 0. The number of allylic oxidation sites excluding steroid dienone is 2. The lowest BCUT2D eigenvalue weighted by atomic mass is 9.76. The van der Waals surface area contributed by atoms with Crippen LogP contribution >= 0.6 is 0 Å². The van der Waals surface area contributed by atoms with Crippen LogP contribution in [0.4, 0.5) is 22.0 Å². The van der Waals surface area contributed by atoms with Crippen molar-refractivity contribution in [3.63, 3.8) is 0 Å². The highest BCUT2D eigenvalue weighted by Crippen LogP contribution is 2.40. The van der Waals surface area contributed by atoms with E-state index in [1.165, 1.54) is 44.6 Å². The van der Waals surface area contributed by atoms with Crippen LogP contribution in [0, 0.1) is 11.8 Å². The Kier molecular flexibility index (Phi) is 7.68. The zero-order valence-corrected chi connectivity index (χ0v) is 15.3. The standard InChI is InChI=1S/C20H29F5O/c1-2-3-4-5-15-6-8-16(9-7-15)17-10-12-18(13-11-17)26-20(24,25)19(22,23)14-21/h10-12,15-16,18H,2-9,13-14H2,1H3/t15-,16-,18?. The lowest BCUT2D eigenvalue weighted by Gasteiger charge is -2.32. The van der Waals surface area contributed by atoms with Crippen LogP contribution in [0.2, 0.25) is 0 Å². The average Bonchev–Trinajstić information content (AvgIpc) is 2.63. The molecule has 0 spiro atoms. The summed E-state index contributed by atoms with van der Waals surface area (Å²) in [4.78, 5) is 0. The lowest BCUT2D eigenvalue weighted by molar-refractivity contribution is -0.358. The van der Waals surface area contributed by atoms with Crippen LogP contribution in [0.25, 0.3) is 0 Å². The van der Waals surface area contributed by atoms with Gasteiger partial charge in [0.15, 0.2) is 6.67 Å². The maximum atomic E-state index is 13.3. The molecule has 0 N–H and O–H groups in total. The van der Waals surface area contributed by atoms with Crippen LogP contribution in [0.5, 0.6) is 0 Å². The highest BCUT2D eigenvalue weighted by atomic mass is 19.3. The fraction of sp³-hybridized carbons (Fsp3) is 0.800. The number of halogens is 5. The van der Waals surface area contributed by atoms with Crippen LogP contribution < -0.4 is 0 Å². The third-order valence-electron chi connectivity index (χ3n) is 5.52. The molecule has 2 rings (SSSR count). The summed E-state index contributed by atoms with van der Waals surface area (Å²) >= 11 is 0. The Balaban J connectivity index is 1.79. The molecule has 0 aromatic heterocycles. The van der Waals surface area contributed by atoms with Crippen LogP contribution in [0.1, 0.15) is 64.7 Å². The van der Waals surface area contributed by atoms with Gasteiger partial charge in [-0.3, -0.25) is 0 Å². The largest absolute Gasteiger partial charge is 0.422 e. The van der Waals surface area contributed by atoms with Gasteiger partial charge in [-0.1, -0.05) is 50.8 Å². The fourth-order valence-electron chi connectivity index (χ4n) is 3.83. The second-order valence-electron chi connectivity index (χ2n) is 7.52. The molecule has 0 radical (unpaired) electrons. The van der Waals surface area contributed by atoms with Crippen molar-refractivity contribution in [3.8, 4) is 0 Å². The number of hydrogen-bond donors (Lipinski definition) is 0. The summed E-state index contributed by atoms with van der Waals surface area (Å²) in [6.07, 6.45) is 8.64. The summed E-state index contributed by atoms with van der Waals surface area (Å²) in [5, 5.41) is 0. The molecule has 0 saturated heterocycles. The molecule has 0 aromatic rings. The van der Waals surface area contributed by atoms with Gasteiger partial charge < -0.3 is 4.74 Å². The Bertz CT molecular complexity index is 492. The Labute approximate surface area is 152 Å². The first kappa shape index (κ1) is 21.4. The molecular weight excluding hydrogens is 351 g/mol. The zero-order chi connectivity index (χ0) is 19.2. The van der Waals surface area contributed by atoms with Gasteiger partial charge in [0.25, 0.3) is 0 Å². The Morgan fingerprint density at radius 2 is 1.77 bits per heavy atom. The predicted octanol–water partition coefficient (Wildman–Crippen LogP) is 6.84. The van der Waals surface area contributed by atoms with E-state index in [0.717, 1.165) is 24.3 Å². The van der Waals surface area contributed by atoms with E-state index >= 15 is 0 Å². The van der Waals surface area contributed by atoms with Crippen LogP contribution in [0.15, 0.2) is 23.8 Å². The molecule has 1 nitrogen and oxygen atoms in total. The molecule has 1 unspecified atom stereocenters. The van der Waals surface area contributed by atoms with Gasteiger partial charge >= 0.3 is 12.0 Å². The van der Waals surface area contributed by atoms with Crippen LogP contribution in [0.3, 0.4) is 0 Å². The summed E-state index contributed by atoms with van der Waals surface area (Å²) < 4.78 is 68.8. The Hall–Kier alpha value is -0.910. The molecule has 0 heterocycles. The number of unbranched alkanes of at least 4 members (excludes halogenated alkanes) is 2. The van der Waals surface area contributed by atoms with Gasteiger partial charge in [-0.05, 0) is 49.5 Å². The van der Waals surface area contributed by atoms with E-state index in [4.69, 9.17) is 0 Å². The van der Waals surface area contributed by atoms with Gasteiger partial charge in [0.2, 0.25) is 0 Å². The average molecular weight is 380 g/mol. The maximum Gasteiger partial charge on any atom is 0.422 e. The quantitative estimate of drug-likeness (QED) is 0.314. The number of rotatable bonds is 9. The third-order valence-corrected chi connectivity index (χ3v) is 5.52. The van der Waals surface area contributed by atoms with Crippen molar-refractivity contribution in [3.05, 3.63) is 23.8 Å². The highest BCUT2D eigenvalue weighted by Gasteiger charge is 2.59.